The lowest BCUT2D eigenvalue weighted by molar-refractivity contribution is 0.191. The van der Waals surface area contributed by atoms with Gasteiger partial charge in [0.05, 0.1) is 14.7 Å². The van der Waals surface area contributed by atoms with Crippen molar-refractivity contribution in [2.75, 3.05) is 19.7 Å². The normalized spacial score (nSPS) is 14.8. The van der Waals surface area contributed by atoms with Crippen molar-refractivity contribution < 1.29 is 5.11 Å². The van der Waals surface area contributed by atoms with Gasteiger partial charge in [0.25, 0.3) is 0 Å². The molecule has 15 heavy (non-hydrogen) atoms. The molecule has 0 fully saturated rings. The molecule has 0 radical (unpaired) electrons. The monoisotopic (exact) mass is 227 g/mol. The van der Waals surface area contributed by atoms with Crippen LogP contribution in [0.15, 0.2) is 24.4 Å². The van der Waals surface area contributed by atoms with Crippen molar-refractivity contribution in [1.82, 2.24) is 4.90 Å². The molecule has 0 amide bonds. The molecule has 3 heteroatoms. The van der Waals surface area contributed by atoms with E-state index in [-0.39, 0.29) is 6.61 Å². The van der Waals surface area contributed by atoms with Crippen LogP contribution in [0.1, 0.15) is 6.92 Å². The quantitative estimate of drug-likeness (QED) is 0.533. The summed E-state index contributed by atoms with van der Waals surface area (Å²) in [5, 5.41) is 8.95. The molecule has 0 aliphatic heterocycles. The van der Waals surface area contributed by atoms with Gasteiger partial charge in [0, 0.05) is 19.1 Å². The highest BCUT2D eigenvalue weighted by Gasteiger charge is 2.11. The summed E-state index contributed by atoms with van der Waals surface area (Å²) in [6.45, 7) is 14.6. The lowest BCUT2D eigenvalue weighted by Crippen LogP contribution is -2.34. The predicted octanol–water partition coefficient (Wildman–Crippen LogP) is 2.29. The molecule has 0 saturated carbocycles. The fourth-order valence-corrected chi connectivity index (χ4v) is 2.16. The Hall–Kier alpha value is -0.383. The summed E-state index contributed by atoms with van der Waals surface area (Å²) >= 11 is 0. The summed E-state index contributed by atoms with van der Waals surface area (Å²) < 4.78 is 0. The van der Waals surface area contributed by atoms with Crippen molar-refractivity contribution >= 4 is 8.07 Å². The molecule has 0 aromatic heterocycles. The second-order valence-electron chi connectivity index (χ2n) is 4.97. The highest BCUT2D eigenvalue weighted by Crippen LogP contribution is 2.06. The molecular weight excluding hydrogens is 202 g/mol. The first kappa shape index (κ1) is 14.6. The zero-order chi connectivity index (χ0) is 11.9. The number of hydrogen-bond donors (Lipinski definition) is 1. The van der Waals surface area contributed by atoms with Crippen LogP contribution in [-0.2, 0) is 0 Å². The maximum Gasteiger partial charge on any atom is 0.0683 e. The average molecular weight is 227 g/mol. The maximum absolute atomic E-state index is 8.95. The van der Waals surface area contributed by atoms with Gasteiger partial charge in [-0.15, -0.1) is 6.58 Å². The average Bonchev–Trinajstić information content (AvgIpc) is 2.13. The van der Waals surface area contributed by atoms with Crippen molar-refractivity contribution in [2.24, 2.45) is 0 Å². The van der Waals surface area contributed by atoms with E-state index < -0.39 is 8.07 Å². The molecule has 1 N–H and O–H groups in total. The molecular formula is C12H25NOSi. The van der Waals surface area contributed by atoms with E-state index in [1.165, 1.54) is 0 Å². The molecule has 88 valence electrons. The first-order valence-electron chi connectivity index (χ1n) is 5.56. The van der Waals surface area contributed by atoms with Crippen LogP contribution < -0.4 is 0 Å². The largest absolute Gasteiger partial charge is 0.395 e. The van der Waals surface area contributed by atoms with Crippen molar-refractivity contribution in [2.45, 2.75) is 32.6 Å². The van der Waals surface area contributed by atoms with E-state index in [1.54, 1.807) is 0 Å². The van der Waals surface area contributed by atoms with Crippen molar-refractivity contribution in [1.29, 1.82) is 0 Å². The van der Waals surface area contributed by atoms with Crippen LogP contribution >= 0.6 is 0 Å². The summed E-state index contributed by atoms with van der Waals surface area (Å²) in [6.07, 6.45) is 4.14. The topological polar surface area (TPSA) is 23.5 Å². The Morgan fingerprint density at radius 1 is 1.40 bits per heavy atom. The Bertz CT molecular complexity index is 208. The highest BCUT2D eigenvalue weighted by atomic mass is 28.3. The molecule has 2 nitrogen and oxygen atoms in total. The Kier molecular flexibility index (Phi) is 6.81. The lowest BCUT2D eigenvalue weighted by Gasteiger charge is -2.25. The fourth-order valence-electron chi connectivity index (χ4n) is 1.31. The Morgan fingerprint density at radius 2 is 2.00 bits per heavy atom. The van der Waals surface area contributed by atoms with Gasteiger partial charge >= 0.3 is 0 Å². The zero-order valence-corrected chi connectivity index (χ0v) is 11.5. The number of rotatable bonds is 7. The summed E-state index contributed by atoms with van der Waals surface area (Å²) in [4.78, 5) is 2.21. The fraction of sp³-hybridized carbons (Fsp3) is 0.667. The smallest absolute Gasteiger partial charge is 0.0683 e. The van der Waals surface area contributed by atoms with Crippen LogP contribution in [0, 0.1) is 0 Å². The van der Waals surface area contributed by atoms with Crippen LogP contribution in [0.3, 0.4) is 0 Å². The lowest BCUT2D eigenvalue weighted by atomic mass is 10.3. The minimum atomic E-state index is -1.11. The van der Waals surface area contributed by atoms with E-state index in [0.29, 0.717) is 12.6 Å². The van der Waals surface area contributed by atoms with E-state index in [0.717, 1.165) is 6.54 Å². The van der Waals surface area contributed by atoms with Gasteiger partial charge in [0.2, 0.25) is 0 Å². The van der Waals surface area contributed by atoms with E-state index in [9.17, 15) is 0 Å². The van der Waals surface area contributed by atoms with E-state index in [1.807, 2.05) is 6.08 Å². The van der Waals surface area contributed by atoms with E-state index >= 15 is 0 Å². The highest BCUT2D eigenvalue weighted by molar-refractivity contribution is 6.80. The maximum atomic E-state index is 8.95. The molecule has 0 saturated heterocycles. The zero-order valence-electron chi connectivity index (χ0n) is 10.5. The SMILES string of the molecule is C=CCN(CCO)C(C)/C=C/[Si](C)(C)C. The number of hydrogen-bond acceptors (Lipinski definition) is 2. The first-order valence-corrected chi connectivity index (χ1v) is 9.13. The van der Waals surface area contributed by atoms with Crippen LogP contribution in [0.5, 0.6) is 0 Å². The summed E-state index contributed by atoms with van der Waals surface area (Å²) in [7, 11) is -1.11. The first-order chi connectivity index (χ1) is 6.90. The van der Waals surface area contributed by atoms with Gasteiger partial charge < -0.3 is 5.11 Å². The third-order valence-electron chi connectivity index (χ3n) is 2.20. The molecule has 0 spiro atoms. The van der Waals surface area contributed by atoms with Gasteiger partial charge in [-0.1, -0.05) is 37.5 Å². The third kappa shape index (κ3) is 7.53. The minimum absolute atomic E-state index is 0.207. The van der Waals surface area contributed by atoms with Crippen LogP contribution in [0.2, 0.25) is 19.6 Å². The number of aliphatic hydroxyl groups is 1. The summed E-state index contributed by atoms with van der Waals surface area (Å²) in [5.74, 6) is 0. The summed E-state index contributed by atoms with van der Waals surface area (Å²) in [6, 6.07) is 0.377. The molecule has 0 aromatic rings. The molecule has 1 unspecified atom stereocenters. The minimum Gasteiger partial charge on any atom is -0.395 e. The molecule has 0 rings (SSSR count). The molecule has 0 heterocycles. The molecule has 0 aliphatic rings. The van der Waals surface area contributed by atoms with Gasteiger partial charge in [-0.05, 0) is 6.92 Å². The van der Waals surface area contributed by atoms with Gasteiger partial charge in [-0.2, -0.15) is 0 Å². The van der Waals surface area contributed by atoms with Gasteiger partial charge in [-0.25, -0.2) is 0 Å². The number of aliphatic hydroxyl groups excluding tert-OH is 1. The molecule has 0 aromatic carbocycles. The third-order valence-corrected chi connectivity index (χ3v) is 3.39. The van der Waals surface area contributed by atoms with Crippen molar-refractivity contribution in [3.05, 3.63) is 24.4 Å². The predicted molar refractivity (Wildman–Crippen MR) is 70.8 cm³/mol. The Balaban J connectivity index is 4.29. The number of nitrogens with zero attached hydrogens (tertiary/aromatic N) is 1. The van der Waals surface area contributed by atoms with E-state index in [4.69, 9.17) is 5.11 Å². The van der Waals surface area contributed by atoms with Crippen LogP contribution in [0.4, 0.5) is 0 Å². The van der Waals surface area contributed by atoms with Crippen molar-refractivity contribution in [3.63, 3.8) is 0 Å². The van der Waals surface area contributed by atoms with Crippen molar-refractivity contribution in [3.8, 4) is 0 Å². The van der Waals surface area contributed by atoms with Gasteiger partial charge in [-0.3, -0.25) is 4.90 Å². The summed E-state index contributed by atoms with van der Waals surface area (Å²) in [5.41, 5.74) is 2.35. The van der Waals surface area contributed by atoms with Crippen LogP contribution in [-0.4, -0.2) is 43.8 Å². The Morgan fingerprint density at radius 3 is 2.40 bits per heavy atom. The van der Waals surface area contributed by atoms with E-state index in [2.05, 4.69) is 49.8 Å². The van der Waals surface area contributed by atoms with Gasteiger partial charge in [0.1, 0.15) is 0 Å². The molecule has 0 aliphatic carbocycles. The standard InChI is InChI=1S/C12H25NOSi/c1-6-8-13(9-10-14)12(2)7-11-15(3,4)5/h6-7,11-12,14H,1,8-10H2,2-5H3/b11-7+. The van der Waals surface area contributed by atoms with Gasteiger partial charge in [0.15, 0.2) is 0 Å². The van der Waals surface area contributed by atoms with Crippen LogP contribution in [0.25, 0.3) is 0 Å². The molecule has 1 atom stereocenters. The molecule has 0 bridgehead atoms. The Labute approximate surface area is 95.3 Å². The second-order valence-corrected chi connectivity index (χ2v) is 10.0. The second kappa shape index (κ2) is 6.98.